The molecule has 0 bridgehead atoms. The van der Waals surface area contributed by atoms with Gasteiger partial charge in [0.05, 0.1) is 11.2 Å². The van der Waals surface area contributed by atoms with E-state index in [1.165, 1.54) is 11.3 Å². The molecule has 1 aliphatic heterocycles. The third-order valence-electron chi connectivity index (χ3n) is 6.19. The van der Waals surface area contributed by atoms with E-state index in [0.29, 0.717) is 36.6 Å². The van der Waals surface area contributed by atoms with Crippen LogP contribution in [0.2, 0.25) is 0 Å². The molecule has 0 unspecified atom stereocenters. The van der Waals surface area contributed by atoms with Crippen LogP contribution in [-0.2, 0) is 4.79 Å². The SMILES string of the molecule is Cc1ccc(-n2c(N3CCC(C(=O)Nc4cccc(C)c4)CC3)nc3ccsc3c2=O)cc1. The van der Waals surface area contributed by atoms with Crippen molar-refractivity contribution in [2.75, 3.05) is 23.3 Å². The number of amides is 1. The normalized spacial score (nSPS) is 14.5. The van der Waals surface area contributed by atoms with E-state index in [1.54, 1.807) is 4.57 Å². The smallest absolute Gasteiger partial charge is 0.277 e. The maximum absolute atomic E-state index is 13.4. The van der Waals surface area contributed by atoms with E-state index in [2.05, 4.69) is 10.2 Å². The minimum absolute atomic E-state index is 0.0480. The van der Waals surface area contributed by atoms with Gasteiger partial charge in [-0.25, -0.2) is 9.55 Å². The molecule has 2 aromatic carbocycles. The quantitative estimate of drug-likeness (QED) is 0.471. The molecule has 1 aliphatic rings. The lowest BCUT2D eigenvalue weighted by atomic mass is 9.96. The zero-order chi connectivity index (χ0) is 22.9. The molecule has 0 atom stereocenters. The standard InChI is InChI=1S/C26H26N4O2S/c1-17-6-8-21(9-7-17)30-25(32)23-22(12-15-33-23)28-26(30)29-13-10-19(11-14-29)24(31)27-20-5-3-4-18(2)16-20/h3-9,12,15-16,19H,10-11,13-14H2,1-2H3,(H,27,31). The van der Waals surface area contributed by atoms with Gasteiger partial charge in [0, 0.05) is 24.7 Å². The van der Waals surface area contributed by atoms with Crippen LogP contribution in [0.4, 0.5) is 11.6 Å². The van der Waals surface area contributed by atoms with Crippen molar-refractivity contribution in [1.29, 1.82) is 0 Å². The van der Waals surface area contributed by atoms with Crippen molar-refractivity contribution in [2.24, 2.45) is 5.92 Å². The first-order chi connectivity index (χ1) is 16.0. The first kappa shape index (κ1) is 21.4. The highest BCUT2D eigenvalue weighted by Crippen LogP contribution is 2.27. The molecule has 1 amide bonds. The van der Waals surface area contributed by atoms with Crippen LogP contribution in [0, 0.1) is 19.8 Å². The zero-order valence-corrected chi connectivity index (χ0v) is 19.6. The molecule has 3 heterocycles. The lowest BCUT2D eigenvalue weighted by molar-refractivity contribution is -0.120. The van der Waals surface area contributed by atoms with Crippen LogP contribution in [0.1, 0.15) is 24.0 Å². The minimum Gasteiger partial charge on any atom is -0.342 e. The van der Waals surface area contributed by atoms with E-state index in [9.17, 15) is 9.59 Å². The van der Waals surface area contributed by atoms with Crippen LogP contribution in [0.25, 0.3) is 15.9 Å². The number of carbonyl (C=O) groups is 1. The molecule has 33 heavy (non-hydrogen) atoms. The molecule has 0 aliphatic carbocycles. The van der Waals surface area contributed by atoms with Gasteiger partial charge in [0.15, 0.2) is 0 Å². The summed E-state index contributed by atoms with van der Waals surface area (Å²) in [4.78, 5) is 33.2. The van der Waals surface area contributed by atoms with Gasteiger partial charge in [-0.2, -0.15) is 0 Å². The fraction of sp³-hybridized carbons (Fsp3) is 0.269. The van der Waals surface area contributed by atoms with Gasteiger partial charge in [-0.05, 0) is 68.0 Å². The summed E-state index contributed by atoms with van der Waals surface area (Å²) in [6.07, 6.45) is 1.42. The number of anilines is 2. The number of hydrogen-bond donors (Lipinski definition) is 1. The summed E-state index contributed by atoms with van der Waals surface area (Å²) in [5, 5.41) is 4.96. The van der Waals surface area contributed by atoms with Crippen molar-refractivity contribution in [1.82, 2.24) is 9.55 Å². The molecule has 168 valence electrons. The third kappa shape index (κ3) is 4.28. The molecular formula is C26H26N4O2S. The van der Waals surface area contributed by atoms with Crippen molar-refractivity contribution in [3.63, 3.8) is 0 Å². The lowest BCUT2D eigenvalue weighted by Gasteiger charge is -2.33. The Balaban J connectivity index is 1.40. The molecule has 5 rings (SSSR count). The Kier molecular flexibility index (Phi) is 5.72. The number of thiophene rings is 1. The van der Waals surface area contributed by atoms with Crippen molar-refractivity contribution >= 4 is 39.1 Å². The van der Waals surface area contributed by atoms with Gasteiger partial charge in [0.25, 0.3) is 5.56 Å². The number of fused-ring (bicyclic) bond motifs is 1. The van der Waals surface area contributed by atoms with Gasteiger partial charge in [0.2, 0.25) is 11.9 Å². The largest absolute Gasteiger partial charge is 0.342 e. The number of benzene rings is 2. The number of hydrogen-bond acceptors (Lipinski definition) is 5. The first-order valence-corrected chi connectivity index (χ1v) is 12.1. The lowest BCUT2D eigenvalue weighted by Crippen LogP contribution is -2.41. The van der Waals surface area contributed by atoms with Gasteiger partial charge in [-0.1, -0.05) is 29.8 Å². The van der Waals surface area contributed by atoms with Crippen LogP contribution in [0.15, 0.2) is 64.8 Å². The summed E-state index contributed by atoms with van der Waals surface area (Å²) >= 11 is 1.42. The van der Waals surface area contributed by atoms with Crippen LogP contribution >= 0.6 is 11.3 Å². The summed E-state index contributed by atoms with van der Waals surface area (Å²) in [6, 6.07) is 17.7. The van der Waals surface area contributed by atoms with Crippen LogP contribution in [-0.4, -0.2) is 28.5 Å². The number of aryl methyl sites for hydroxylation is 2. The number of carbonyl (C=O) groups excluding carboxylic acids is 1. The predicted octanol–water partition coefficient (Wildman–Crippen LogP) is 4.92. The van der Waals surface area contributed by atoms with Crippen molar-refractivity contribution in [3.8, 4) is 5.69 Å². The van der Waals surface area contributed by atoms with Crippen LogP contribution in [0.3, 0.4) is 0 Å². The van der Waals surface area contributed by atoms with Gasteiger partial charge >= 0.3 is 0 Å². The molecule has 4 aromatic rings. The number of aromatic nitrogens is 2. The molecule has 0 spiro atoms. The van der Waals surface area contributed by atoms with Crippen molar-refractivity contribution in [2.45, 2.75) is 26.7 Å². The molecule has 7 heteroatoms. The maximum atomic E-state index is 13.4. The maximum Gasteiger partial charge on any atom is 0.277 e. The van der Waals surface area contributed by atoms with E-state index in [1.807, 2.05) is 73.8 Å². The molecular weight excluding hydrogens is 432 g/mol. The van der Waals surface area contributed by atoms with Gasteiger partial charge in [-0.15, -0.1) is 11.3 Å². The average Bonchev–Trinajstić information content (AvgIpc) is 3.29. The van der Waals surface area contributed by atoms with E-state index in [0.717, 1.165) is 28.0 Å². The summed E-state index contributed by atoms with van der Waals surface area (Å²) in [5.41, 5.74) is 4.57. The first-order valence-electron chi connectivity index (χ1n) is 11.2. The second-order valence-corrected chi connectivity index (χ2v) is 9.56. The van der Waals surface area contributed by atoms with Crippen LogP contribution in [0.5, 0.6) is 0 Å². The second-order valence-electron chi connectivity index (χ2n) is 8.64. The van der Waals surface area contributed by atoms with Crippen LogP contribution < -0.4 is 15.8 Å². The molecule has 1 N–H and O–H groups in total. The van der Waals surface area contributed by atoms with Gasteiger partial charge in [0.1, 0.15) is 4.70 Å². The van der Waals surface area contributed by atoms with Crippen molar-refractivity contribution in [3.05, 3.63) is 81.5 Å². The fourth-order valence-corrected chi connectivity index (χ4v) is 5.11. The number of nitrogens with one attached hydrogen (secondary N) is 1. The Labute approximate surface area is 196 Å². The minimum atomic E-state index is -0.0637. The molecule has 1 fully saturated rings. The molecule has 0 saturated carbocycles. The van der Waals surface area contributed by atoms with Crippen molar-refractivity contribution < 1.29 is 4.79 Å². The van der Waals surface area contributed by atoms with Gasteiger partial charge < -0.3 is 10.2 Å². The molecule has 0 radical (unpaired) electrons. The van der Waals surface area contributed by atoms with E-state index in [4.69, 9.17) is 4.98 Å². The number of nitrogens with zero attached hydrogens (tertiary/aromatic N) is 3. The molecule has 6 nitrogen and oxygen atoms in total. The Morgan fingerprint density at radius 3 is 2.52 bits per heavy atom. The highest BCUT2D eigenvalue weighted by molar-refractivity contribution is 7.17. The molecule has 1 saturated heterocycles. The Bertz CT molecular complexity index is 1370. The zero-order valence-electron chi connectivity index (χ0n) is 18.7. The van der Waals surface area contributed by atoms with Gasteiger partial charge in [-0.3, -0.25) is 9.59 Å². The Morgan fingerprint density at radius 1 is 1.03 bits per heavy atom. The van der Waals surface area contributed by atoms with E-state index in [-0.39, 0.29) is 17.4 Å². The highest BCUT2D eigenvalue weighted by atomic mass is 32.1. The average molecular weight is 459 g/mol. The van der Waals surface area contributed by atoms with E-state index >= 15 is 0 Å². The Hall–Kier alpha value is -3.45. The highest BCUT2D eigenvalue weighted by Gasteiger charge is 2.28. The Morgan fingerprint density at radius 2 is 1.79 bits per heavy atom. The number of piperidine rings is 1. The summed E-state index contributed by atoms with van der Waals surface area (Å²) in [7, 11) is 0. The summed E-state index contributed by atoms with van der Waals surface area (Å²) < 4.78 is 2.37. The summed E-state index contributed by atoms with van der Waals surface area (Å²) in [6.45, 7) is 5.37. The summed E-state index contributed by atoms with van der Waals surface area (Å²) in [5.74, 6) is 0.635. The third-order valence-corrected chi connectivity index (χ3v) is 7.08. The monoisotopic (exact) mass is 458 g/mol. The predicted molar refractivity (Wildman–Crippen MR) is 135 cm³/mol. The second kappa shape index (κ2) is 8.83. The van der Waals surface area contributed by atoms with E-state index < -0.39 is 0 Å². The topological polar surface area (TPSA) is 67.2 Å². The fourth-order valence-electron chi connectivity index (χ4n) is 4.35. The number of rotatable bonds is 4. The molecule has 2 aromatic heterocycles.